The summed E-state index contributed by atoms with van der Waals surface area (Å²) in [5.74, 6) is 0.850. The largest absolute Gasteiger partial charge is 0.444 e. The number of aryl methyl sites for hydroxylation is 1. The van der Waals surface area contributed by atoms with E-state index in [-0.39, 0.29) is 12.1 Å². The summed E-state index contributed by atoms with van der Waals surface area (Å²) < 4.78 is 10.8. The maximum atomic E-state index is 12.0. The number of carbonyl (C=O) groups excluding carboxylic acids is 2. The van der Waals surface area contributed by atoms with Crippen molar-refractivity contribution in [3.8, 4) is 0 Å². The van der Waals surface area contributed by atoms with Crippen molar-refractivity contribution in [3.05, 3.63) is 11.8 Å². The molecular weight excluding hydrogens is 342 g/mol. The maximum Gasteiger partial charge on any atom is 0.407 e. The van der Waals surface area contributed by atoms with Gasteiger partial charge in [0.05, 0.1) is 6.04 Å². The van der Waals surface area contributed by atoms with Crippen molar-refractivity contribution in [3.63, 3.8) is 0 Å². The van der Waals surface area contributed by atoms with Crippen LogP contribution in [0.2, 0.25) is 0 Å². The number of nitrogens with one attached hydrogen (secondary N) is 1. The van der Waals surface area contributed by atoms with E-state index in [9.17, 15) is 14.8 Å². The van der Waals surface area contributed by atoms with Gasteiger partial charge in [-0.15, -0.1) is 10.2 Å². The van der Waals surface area contributed by atoms with E-state index in [1.165, 1.54) is 0 Å². The first-order valence-corrected chi connectivity index (χ1v) is 8.82. The number of rotatable bonds is 5. The van der Waals surface area contributed by atoms with Gasteiger partial charge in [-0.1, -0.05) is 0 Å². The van der Waals surface area contributed by atoms with Crippen LogP contribution >= 0.6 is 0 Å². The van der Waals surface area contributed by atoms with E-state index >= 15 is 0 Å². The van der Waals surface area contributed by atoms with Gasteiger partial charge < -0.3 is 19.4 Å². The minimum atomic E-state index is -0.526. The smallest absolute Gasteiger partial charge is 0.407 e. The molecule has 0 aromatic carbocycles. The predicted molar refractivity (Wildman–Crippen MR) is 88.3 cm³/mol. The predicted octanol–water partition coefficient (Wildman–Crippen LogP) is 1.86. The Morgan fingerprint density at radius 3 is 2.88 bits per heavy atom. The monoisotopic (exact) mass is 367 g/mol. The molecule has 3 heterocycles. The molecule has 0 spiro atoms. The van der Waals surface area contributed by atoms with Crippen LogP contribution < -0.4 is 5.32 Å². The fourth-order valence-electron chi connectivity index (χ4n) is 3.15. The van der Waals surface area contributed by atoms with Crippen LogP contribution in [0.5, 0.6) is 0 Å². The van der Waals surface area contributed by atoms with E-state index in [4.69, 9.17) is 9.15 Å². The van der Waals surface area contributed by atoms with Gasteiger partial charge in [0, 0.05) is 19.5 Å². The Labute approximate surface area is 151 Å². The van der Waals surface area contributed by atoms with Gasteiger partial charge in [0.2, 0.25) is 11.8 Å². The van der Waals surface area contributed by atoms with Crippen molar-refractivity contribution in [2.45, 2.75) is 64.1 Å². The normalized spacial score (nSPS) is 22.7. The average Bonchev–Trinajstić information content (AvgIpc) is 3.11. The van der Waals surface area contributed by atoms with Crippen molar-refractivity contribution >= 4 is 12.1 Å². The number of hydrogen-bond acceptors (Lipinski definition) is 7. The zero-order valence-electron chi connectivity index (χ0n) is 15.3. The lowest BCUT2D eigenvalue weighted by atomic mass is 10.0. The number of piperidine rings is 1. The zero-order chi connectivity index (χ0) is 18.9. The second kappa shape index (κ2) is 7.10. The highest BCUT2D eigenvalue weighted by Crippen LogP contribution is 2.36. The number of ether oxygens (including phenoxy) is 1. The molecule has 2 bridgehead atoms. The first-order valence-electron chi connectivity index (χ1n) is 8.82. The first-order chi connectivity index (χ1) is 12.2. The molecule has 3 amide bonds. The number of hydroxylamine groups is 2. The van der Waals surface area contributed by atoms with E-state index in [1.54, 1.807) is 25.7 Å². The standard InChI is InChI=1S/C16H25N5O5/c1-16(2,3)26-14(22)17-8-4-5-12-18-19-13(25-12)11-7-6-10-9-20(11)15(23)21(10)24/h10-11,24H,4-9H2,1-3H3,(H,17,22)/t10-,11-/m0/s1. The van der Waals surface area contributed by atoms with E-state index in [0.717, 1.165) is 5.06 Å². The van der Waals surface area contributed by atoms with Crippen molar-refractivity contribution in [2.75, 3.05) is 13.1 Å². The van der Waals surface area contributed by atoms with E-state index in [0.29, 0.717) is 50.6 Å². The van der Waals surface area contributed by atoms with E-state index in [1.807, 2.05) is 0 Å². The van der Waals surface area contributed by atoms with Crippen LogP contribution in [-0.2, 0) is 11.2 Å². The highest BCUT2D eigenvalue weighted by Gasteiger charge is 2.46. The summed E-state index contributed by atoms with van der Waals surface area (Å²) >= 11 is 0. The molecule has 0 aliphatic carbocycles. The summed E-state index contributed by atoms with van der Waals surface area (Å²) in [5, 5.41) is 21.3. The molecule has 2 atom stereocenters. The maximum absolute atomic E-state index is 12.0. The number of urea groups is 1. The van der Waals surface area contributed by atoms with Gasteiger partial charge in [0.25, 0.3) is 0 Å². The van der Waals surface area contributed by atoms with Gasteiger partial charge in [0.15, 0.2) is 0 Å². The number of aromatic nitrogens is 2. The average molecular weight is 367 g/mol. The van der Waals surface area contributed by atoms with Crippen LogP contribution in [0, 0.1) is 0 Å². The third-order valence-electron chi connectivity index (χ3n) is 4.35. The molecule has 0 unspecified atom stereocenters. The molecule has 10 nitrogen and oxygen atoms in total. The van der Waals surface area contributed by atoms with Crippen molar-refractivity contribution in [2.24, 2.45) is 0 Å². The van der Waals surface area contributed by atoms with Crippen LogP contribution in [0.15, 0.2) is 4.42 Å². The summed E-state index contributed by atoms with van der Waals surface area (Å²) in [7, 11) is 0. The van der Waals surface area contributed by atoms with Crippen LogP contribution in [0.25, 0.3) is 0 Å². The quantitative estimate of drug-likeness (QED) is 0.602. The first kappa shape index (κ1) is 18.4. The van der Waals surface area contributed by atoms with Crippen LogP contribution in [0.1, 0.15) is 57.9 Å². The topological polar surface area (TPSA) is 121 Å². The molecule has 3 rings (SSSR count). The lowest BCUT2D eigenvalue weighted by Crippen LogP contribution is -2.34. The third kappa shape index (κ3) is 4.06. The van der Waals surface area contributed by atoms with Gasteiger partial charge >= 0.3 is 12.1 Å². The van der Waals surface area contributed by atoms with Crippen LogP contribution in [0.3, 0.4) is 0 Å². The number of amides is 3. The van der Waals surface area contributed by atoms with Gasteiger partial charge in [-0.2, -0.15) is 0 Å². The fourth-order valence-corrected chi connectivity index (χ4v) is 3.15. The molecule has 1 aromatic rings. The summed E-state index contributed by atoms with van der Waals surface area (Å²) in [6.45, 7) is 6.32. The van der Waals surface area contributed by atoms with Crippen LogP contribution in [-0.4, -0.2) is 62.2 Å². The summed E-state index contributed by atoms with van der Waals surface area (Å²) in [5.41, 5.74) is -0.526. The molecule has 2 N–H and O–H groups in total. The molecule has 1 aromatic heterocycles. The molecular formula is C16H25N5O5. The molecule has 2 saturated heterocycles. The zero-order valence-corrected chi connectivity index (χ0v) is 15.3. The van der Waals surface area contributed by atoms with Gasteiger partial charge in [0.1, 0.15) is 11.6 Å². The van der Waals surface area contributed by atoms with Crippen molar-refractivity contribution in [1.82, 2.24) is 25.5 Å². The summed E-state index contributed by atoms with van der Waals surface area (Å²) in [4.78, 5) is 25.1. The number of hydrogen-bond donors (Lipinski definition) is 2. The third-order valence-corrected chi connectivity index (χ3v) is 4.35. The lowest BCUT2D eigenvalue weighted by Gasteiger charge is -2.27. The Hall–Kier alpha value is -2.36. The Balaban J connectivity index is 1.47. The Kier molecular flexibility index (Phi) is 5.03. The molecule has 0 saturated carbocycles. The summed E-state index contributed by atoms with van der Waals surface area (Å²) in [6, 6.07) is -0.865. The van der Waals surface area contributed by atoms with Crippen molar-refractivity contribution < 1.29 is 24.0 Å². The summed E-state index contributed by atoms with van der Waals surface area (Å²) in [6.07, 6.45) is 2.05. The number of alkyl carbamates (subject to hydrolysis) is 1. The van der Waals surface area contributed by atoms with Gasteiger partial charge in [-0.05, 0) is 40.0 Å². The minimum Gasteiger partial charge on any atom is -0.444 e. The number of fused-ring (bicyclic) bond motifs is 2. The van der Waals surface area contributed by atoms with E-state index in [2.05, 4.69) is 15.5 Å². The second-order valence-corrected chi connectivity index (χ2v) is 7.59. The number of nitrogens with zero attached hydrogens (tertiary/aromatic N) is 4. The minimum absolute atomic E-state index is 0.153. The molecule has 2 aliphatic heterocycles. The van der Waals surface area contributed by atoms with Crippen LogP contribution in [0.4, 0.5) is 9.59 Å². The molecule has 26 heavy (non-hydrogen) atoms. The van der Waals surface area contributed by atoms with E-state index < -0.39 is 17.7 Å². The lowest BCUT2D eigenvalue weighted by molar-refractivity contribution is -0.0584. The highest BCUT2D eigenvalue weighted by atomic mass is 16.6. The Bertz CT molecular complexity index is 670. The number of carbonyl (C=O) groups is 2. The van der Waals surface area contributed by atoms with Gasteiger partial charge in [-0.25, -0.2) is 14.7 Å². The molecule has 0 radical (unpaired) electrons. The molecule has 144 valence electrons. The second-order valence-electron chi connectivity index (χ2n) is 7.59. The molecule has 2 aliphatic rings. The molecule has 2 fully saturated rings. The molecule has 10 heteroatoms. The van der Waals surface area contributed by atoms with Crippen molar-refractivity contribution in [1.29, 1.82) is 0 Å². The van der Waals surface area contributed by atoms with Gasteiger partial charge in [-0.3, -0.25) is 5.21 Å². The Morgan fingerprint density at radius 2 is 2.15 bits per heavy atom. The highest BCUT2D eigenvalue weighted by molar-refractivity contribution is 5.76. The SMILES string of the molecule is CC(C)(C)OC(=O)NCCCc1nnc([C@@H]2CC[C@H]3CN2C(=O)N3O)o1. The Morgan fingerprint density at radius 1 is 1.38 bits per heavy atom. The fraction of sp³-hybridized carbons (Fsp3) is 0.750.